The average molecular weight is 367 g/mol. The molecule has 0 aromatic carbocycles. The van der Waals surface area contributed by atoms with Crippen molar-refractivity contribution in [3.8, 4) is 0 Å². The Hall–Kier alpha value is 0. The zero-order valence-corrected chi connectivity index (χ0v) is 14.6. The minimum absolute atomic E-state index is 0. The molecule has 1 aliphatic heterocycles. The van der Waals surface area contributed by atoms with Crippen LogP contribution < -0.4 is 5.32 Å². The Morgan fingerprint density at radius 3 is 2.72 bits per heavy atom. The molecule has 0 radical (unpaired) electrons. The monoisotopic (exact) mass is 367 g/mol. The summed E-state index contributed by atoms with van der Waals surface area (Å²) in [6.07, 6.45) is 6.45. The molecule has 1 heterocycles. The van der Waals surface area contributed by atoms with Crippen LogP contribution in [0.25, 0.3) is 0 Å². The highest BCUT2D eigenvalue weighted by Crippen LogP contribution is 2.15. The molecule has 0 aromatic rings. The highest BCUT2D eigenvalue weighted by atomic mass is 127. The van der Waals surface area contributed by atoms with Gasteiger partial charge in [-0.15, -0.1) is 24.0 Å². The molecular weight excluding hydrogens is 337 g/mol. The molecule has 1 fully saturated rings. The van der Waals surface area contributed by atoms with E-state index in [1.54, 1.807) is 0 Å². The number of guanidine groups is 1. The molecule has 1 aliphatic rings. The topological polar surface area (TPSA) is 27.6 Å². The predicted octanol–water partition coefficient (Wildman–Crippen LogP) is 3.49. The predicted molar refractivity (Wildman–Crippen MR) is 90.9 cm³/mol. The second-order valence-corrected chi connectivity index (χ2v) is 5.14. The van der Waals surface area contributed by atoms with E-state index in [2.05, 4.69) is 31.0 Å². The molecule has 1 atom stereocenters. The quantitative estimate of drug-likeness (QED) is 0.349. The SMILES string of the molecule is CCCCCN=C(NCC)N1CCCC(C)C1.I. The molecule has 1 saturated heterocycles. The van der Waals surface area contributed by atoms with Crippen molar-refractivity contribution in [1.29, 1.82) is 0 Å². The summed E-state index contributed by atoms with van der Waals surface area (Å²) in [6.45, 7) is 11.0. The summed E-state index contributed by atoms with van der Waals surface area (Å²) in [5, 5.41) is 3.43. The van der Waals surface area contributed by atoms with Gasteiger partial charge >= 0.3 is 0 Å². The van der Waals surface area contributed by atoms with Crippen molar-refractivity contribution >= 4 is 29.9 Å². The summed E-state index contributed by atoms with van der Waals surface area (Å²) in [4.78, 5) is 7.17. The molecular formula is C14H30IN3. The summed E-state index contributed by atoms with van der Waals surface area (Å²) >= 11 is 0. The molecule has 0 aliphatic carbocycles. The number of hydrogen-bond acceptors (Lipinski definition) is 1. The Labute approximate surface area is 130 Å². The van der Waals surface area contributed by atoms with Gasteiger partial charge < -0.3 is 10.2 Å². The van der Waals surface area contributed by atoms with E-state index in [4.69, 9.17) is 4.99 Å². The smallest absolute Gasteiger partial charge is 0.193 e. The Morgan fingerprint density at radius 2 is 2.11 bits per heavy atom. The van der Waals surface area contributed by atoms with E-state index in [0.29, 0.717) is 0 Å². The largest absolute Gasteiger partial charge is 0.357 e. The number of unbranched alkanes of at least 4 members (excludes halogenated alkanes) is 2. The van der Waals surface area contributed by atoms with Crippen molar-refractivity contribution in [2.24, 2.45) is 10.9 Å². The van der Waals surface area contributed by atoms with Gasteiger partial charge in [-0.3, -0.25) is 4.99 Å². The van der Waals surface area contributed by atoms with E-state index in [9.17, 15) is 0 Å². The summed E-state index contributed by atoms with van der Waals surface area (Å²) in [5.74, 6) is 1.94. The van der Waals surface area contributed by atoms with Gasteiger partial charge in [-0.05, 0) is 32.1 Å². The van der Waals surface area contributed by atoms with Crippen molar-refractivity contribution in [1.82, 2.24) is 10.2 Å². The van der Waals surface area contributed by atoms with Crippen molar-refractivity contribution in [2.75, 3.05) is 26.2 Å². The van der Waals surface area contributed by atoms with Crippen LogP contribution in [-0.2, 0) is 0 Å². The molecule has 1 N–H and O–H groups in total. The number of nitrogens with zero attached hydrogens (tertiary/aromatic N) is 2. The summed E-state index contributed by atoms with van der Waals surface area (Å²) in [5.41, 5.74) is 0. The first-order chi connectivity index (χ1) is 8.27. The van der Waals surface area contributed by atoms with Gasteiger partial charge in [0, 0.05) is 26.2 Å². The van der Waals surface area contributed by atoms with E-state index in [-0.39, 0.29) is 24.0 Å². The first kappa shape index (κ1) is 18.0. The molecule has 1 rings (SSSR count). The van der Waals surface area contributed by atoms with Gasteiger partial charge in [0.25, 0.3) is 0 Å². The minimum Gasteiger partial charge on any atom is -0.357 e. The number of likely N-dealkylation sites (tertiary alicyclic amines) is 1. The fraction of sp³-hybridized carbons (Fsp3) is 0.929. The van der Waals surface area contributed by atoms with Crippen molar-refractivity contribution in [3.63, 3.8) is 0 Å². The number of piperidine rings is 1. The Kier molecular flexibility index (Phi) is 10.9. The molecule has 18 heavy (non-hydrogen) atoms. The zero-order valence-electron chi connectivity index (χ0n) is 12.2. The maximum Gasteiger partial charge on any atom is 0.193 e. The summed E-state index contributed by atoms with van der Waals surface area (Å²) in [6, 6.07) is 0. The average Bonchev–Trinajstić information content (AvgIpc) is 2.33. The standard InChI is InChI=1S/C14H29N3.HI/c1-4-6-7-10-16-14(15-5-2)17-11-8-9-13(3)12-17;/h13H,4-12H2,1-3H3,(H,15,16);1H. The van der Waals surface area contributed by atoms with Gasteiger partial charge in [-0.2, -0.15) is 0 Å². The lowest BCUT2D eigenvalue weighted by atomic mass is 10.0. The first-order valence-corrected chi connectivity index (χ1v) is 7.31. The molecule has 4 heteroatoms. The molecule has 0 spiro atoms. The second kappa shape index (κ2) is 10.9. The zero-order chi connectivity index (χ0) is 12.5. The van der Waals surface area contributed by atoms with Crippen molar-refractivity contribution in [3.05, 3.63) is 0 Å². The van der Waals surface area contributed by atoms with Crippen LogP contribution in [0.3, 0.4) is 0 Å². The number of aliphatic imine (C=N–C) groups is 1. The minimum atomic E-state index is 0. The van der Waals surface area contributed by atoms with Gasteiger partial charge in [0.2, 0.25) is 0 Å². The highest BCUT2D eigenvalue weighted by Gasteiger charge is 2.18. The van der Waals surface area contributed by atoms with E-state index in [0.717, 1.165) is 25.0 Å². The van der Waals surface area contributed by atoms with Gasteiger partial charge in [-0.25, -0.2) is 0 Å². The highest BCUT2D eigenvalue weighted by molar-refractivity contribution is 14.0. The molecule has 0 amide bonds. The first-order valence-electron chi connectivity index (χ1n) is 7.31. The molecule has 108 valence electrons. The van der Waals surface area contributed by atoms with Gasteiger partial charge in [0.05, 0.1) is 0 Å². The van der Waals surface area contributed by atoms with Crippen molar-refractivity contribution < 1.29 is 0 Å². The van der Waals surface area contributed by atoms with E-state index >= 15 is 0 Å². The van der Waals surface area contributed by atoms with E-state index in [1.165, 1.54) is 45.2 Å². The molecule has 3 nitrogen and oxygen atoms in total. The van der Waals surface area contributed by atoms with Crippen LogP contribution in [0.4, 0.5) is 0 Å². The van der Waals surface area contributed by atoms with Crippen LogP contribution >= 0.6 is 24.0 Å². The third kappa shape index (κ3) is 6.81. The van der Waals surface area contributed by atoms with Crippen LogP contribution in [0.15, 0.2) is 4.99 Å². The summed E-state index contributed by atoms with van der Waals surface area (Å²) < 4.78 is 0. The molecule has 0 bridgehead atoms. The van der Waals surface area contributed by atoms with Gasteiger partial charge in [-0.1, -0.05) is 26.7 Å². The molecule has 0 saturated carbocycles. The number of rotatable bonds is 5. The lowest BCUT2D eigenvalue weighted by Crippen LogP contribution is -2.46. The van der Waals surface area contributed by atoms with Crippen LogP contribution in [0, 0.1) is 5.92 Å². The molecule has 1 unspecified atom stereocenters. The van der Waals surface area contributed by atoms with E-state index in [1.807, 2.05) is 0 Å². The lowest BCUT2D eigenvalue weighted by molar-refractivity contribution is 0.266. The van der Waals surface area contributed by atoms with Crippen LogP contribution in [0.1, 0.15) is 52.9 Å². The normalized spacial score (nSPS) is 20.5. The Balaban J connectivity index is 0.00000289. The van der Waals surface area contributed by atoms with Crippen molar-refractivity contribution in [2.45, 2.75) is 52.9 Å². The molecule has 0 aromatic heterocycles. The number of hydrogen-bond donors (Lipinski definition) is 1. The third-order valence-electron chi connectivity index (χ3n) is 3.31. The van der Waals surface area contributed by atoms with Crippen LogP contribution in [-0.4, -0.2) is 37.0 Å². The maximum absolute atomic E-state index is 4.74. The van der Waals surface area contributed by atoms with Gasteiger partial charge in [0.15, 0.2) is 5.96 Å². The second-order valence-electron chi connectivity index (χ2n) is 5.14. The Bertz CT molecular complexity index is 231. The van der Waals surface area contributed by atoms with Gasteiger partial charge in [0.1, 0.15) is 0 Å². The van der Waals surface area contributed by atoms with Crippen LogP contribution in [0.2, 0.25) is 0 Å². The third-order valence-corrected chi connectivity index (χ3v) is 3.31. The number of halogens is 1. The van der Waals surface area contributed by atoms with Crippen LogP contribution in [0.5, 0.6) is 0 Å². The Morgan fingerprint density at radius 1 is 1.33 bits per heavy atom. The summed E-state index contributed by atoms with van der Waals surface area (Å²) in [7, 11) is 0. The fourth-order valence-corrected chi connectivity index (χ4v) is 2.35. The lowest BCUT2D eigenvalue weighted by Gasteiger charge is -2.33. The fourth-order valence-electron chi connectivity index (χ4n) is 2.35. The number of nitrogens with one attached hydrogen (secondary N) is 1. The van der Waals surface area contributed by atoms with E-state index < -0.39 is 0 Å². The maximum atomic E-state index is 4.74.